The number of alkyl halides is 3. The maximum Gasteiger partial charge on any atom is 0.449 e. The normalized spacial score (nSPS) is 9.71. The van der Waals surface area contributed by atoms with Gasteiger partial charge in [0.05, 0.1) is 5.52 Å². The number of aromatic nitrogens is 3. The zero-order valence-electron chi connectivity index (χ0n) is 10.4. The maximum atomic E-state index is 12.4. The van der Waals surface area contributed by atoms with E-state index in [0.717, 1.165) is 0 Å². The van der Waals surface area contributed by atoms with Crippen LogP contribution in [0.5, 0.6) is 0 Å². The molecule has 0 aliphatic rings. The van der Waals surface area contributed by atoms with E-state index >= 15 is 0 Å². The molecule has 4 nitrogen and oxygen atoms in total. The summed E-state index contributed by atoms with van der Waals surface area (Å²) in [7, 11) is 0. The number of nitrogens with zero attached hydrogens (tertiary/aromatic N) is 2. The highest BCUT2D eigenvalue weighted by Gasteiger charge is 2.34. The molecule has 10 heteroatoms. The fourth-order valence-corrected chi connectivity index (χ4v) is 1.34. The maximum absolute atomic E-state index is 12.4. The molecular weight excluding hydrogens is 352 g/mol. The monoisotopic (exact) mass is 362 g/mol. The van der Waals surface area contributed by atoms with Crippen LogP contribution in [0.25, 0.3) is 11.2 Å². The number of pyridine rings is 1. The molecule has 0 unspecified atom stereocenters. The van der Waals surface area contributed by atoms with Gasteiger partial charge in [0.25, 0.3) is 0 Å². The van der Waals surface area contributed by atoms with Crippen molar-refractivity contribution in [3.63, 3.8) is 0 Å². The van der Waals surface area contributed by atoms with Gasteiger partial charge in [-0.05, 0) is 6.07 Å². The molecule has 2 aromatic heterocycles. The molecular formula is C11H12Cl3F3N4. The summed E-state index contributed by atoms with van der Waals surface area (Å²) in [4.78, 5) is 9.35. The number of hydrogen-bond donors (Lipinski definition) is 2. The largest absolute Gasteiger partial charge is 0.449 e. The molecule has 3 N–H and O–H groups in total. The molecule has 0 bridgehead atoms. The summed E-state index contributed by atoms with van der Waals surface area (Å²) < 4.78 is 37.2. The first-order valence-corrected chi connectivity index (χ1v) is 5.12. The highest BCUT2D eigenvalue weighted by Crippen LogP contribution is 2.27. The zero-order chi connectivity index (χ0) is 13.2. The molecule has 0 amide bonds. The van der Waals surface area contributed by atoms with Crippen molar-refractivity contribution in [3.05, 3.63) is 23.7 Å². The summed E-state index contributed by atoms with van der Waals surface area (Å²) >= 11 is 0. The van der Waals surface area contributed by atoms with Gasteiger partial charge in [-0.3, -0.25) is 0 Å². The van der Waals surface area contributed by atoms with E-state index in [2.05, 4.69) is 26.8 Å². The SMILES string of the molecule is Cl.Cl.Cl.NCCC#Cc1cnc2nc(C(F)(F)F)[nH]c2c1. The van der Waals surface area contributed by atoms with Crippen LogP contribution in [0.15, 0.2) is 12.3 Å². The topological polar surface area (TPSA) is 67.6 Å². The lowest BCUT2D eigenvalue weighted by atomic mass is 10.2. The van der Waals surface area contributed by atoms with Crippen LogP contribution in [0, 0.1) is 11.8 Å². The van der Waals surface area contributed by atoms with Gasteiger partial charge in [0, 0.05) is 24.7 Å². The number of imidazole rings is 1. The highest BCUT2D eigenvalue weighted by atomic mass is 35.5. The Bertz CT molecular complexity index is 631. The summed E-state index contributed by atoms with van der Waals surface area (Å²) in [6, 6.07) is 1.48. The molecule has 118 valence electrons. The molecule has 0 saturated heterocycles. The van der Waals surface area contributed by atoms with Crippen molar-refractivity contribution in [3.8, 4) is 11.8 Å². The van der Waals surface area contributed by atoms with Crippen molar-refractivity contribution < 1.29 is 13.2 Å². The number of halogens is 6. The van der Waals surface area contributed by atoms with Gasteiger partial charge in [-0.25, -0.2) is 9.97 Å². The molecule has 0 aliphatic carbocycles. The zero-order valence-corrected chi connectivity index (χ0v) is 12.8. The lowest BCUT2D eigenvalue weighted by molar-refractivity contribution is -0.144. The van der Waals surface area contributed by atoms with E-state index in [4.69, 9.17) is 5.73 Å². The Balaban J connectivity index is 0. The van der Waals surface area contributed by atoms with Gasteiger partial charge < -0.3 is 10.7 Å². The van der Waals surface area contributed by atoms with Crippen molar-refractivity contribution in [1.82, 2.24) is 15.0 Å². The number of nitrogens with two attached hydrogens (primary N) is 1. The molecule has 2 rings (SSSR count). The Hall–Kier alpha value is -1.20. The van der Waals surface area contributed by atoms with E-state index in [1.807, 2.05) is 0 Å². The van der Waals surface area contributed by atoms with Gasteiger partial charge in [0.2, 0.25) is 5.82 Å². The summed E-state index contributed by atoms with van der Waals surface area (Å²) in [5, 5.41) is 0. The minimum atomic E-state index is -4.51. The minimum Gasteiger partial charge on any atom is -0.333 e. The first-order valence-electron chi connectivity index (χ1n) is 5.12. The van der Waals surface area contributed by atoms with E-state index in [0.29, 0.717) is 18.5 Å². The molecule has 2 aromatic rings. The number of hydrogen-bond acceptors (Lipinski definition) is 3. The van der Waals surface area contributed by atoms with Gasteiger partial charge >= 0.3 is 6.18 Å². The Labute approximate surface area is 137 Å². The average molecular weight is 364 g/mol. The van der Waals surface area contributed by atoms with Crippen LogP contribution >= 0.6 is 37.2 Å². The van der Waals surface area contributed by atoms with Crippen LogP contribution in [0.1, 0.15) is 17.8 Å². The lowest BCUT2D eigenvalue weighted by Gasteiger charge is -1.98. The van der Waals surface area contributed by atoms with Crippen LogP contribution in [0.2, 0.25) is 0 Å². The second-order valence-electron chi connectivity index (χ2n) is 3.52. The molecule has 0 fully saturated rings. The van der Waals surface area contributed by atoms with E-state index in [-0.39, 0.29) is 48.4 Å². The number of nitrogens with one attached hydrogen (secondary N) is 1. The highest BCUT2D eigenvalue weighted by molar-refractivity contribution is 5.86. The van der Waals surface area contributed by atoms with Gasteiger partial charge in [0.15, 0.2) is 5.65 Å². The molecule has 21 heavy (non-hydrogen) atoms. The van der Waals surface area contributed by atoms with Crippen molar-refractivity contribution in [2.24, 2.45) is 5.73 Å². The smallest absolute Gasteiger partial charge is 0.333 e. The Kier molecular flexibility index (Phi) is 9.41. The first kappa shape index (κ1) is 22.1. The second kappa shape index (κ2) is 8.95. The third kappa shape index (κ3) is 5.59. The fraction of sp³-hybridized carbons (Fsp3) is 0.273. The number of aromatic amines is 1. The summed E-state index contributed by atoms with van der Waals surface area (Å²) in [6.07, 6.45) is -2.60. The first-order chi connectivity index (χ1) is 8.50. The van der Waals surface area contributed by atoms with Gasteiger partial charge in [-0.2, -0.15) is 13.2 Å². The quantitative estimate of drug-likeness (QED) is 0.766. The van der Waals surface area contributed by atoms with E-state index in [1.165, 1.54) is 12.3 Å². The third-order valence-corrected chi connectivity index (χ3v) is 2.11. The predicted molar refractivity (Wildman–Crippen MR) is 81.2 cm³/mol. The van der Waals surface area contributed by atoms with Crippen LogP contribution in [0.4, 0.5) is 13.2 Å². The summed E-state index contributed by atoms with van der Waals surface area (Å²) in [5.41, 5.74) is 6.03. The van der Waals surface area contributed by atoms with Crippen molar-refractivity contribution in [2.45, 2.75) is 12.6 Å². The Morgan fingerprint density at radius 3 is 2.48 bits per heavy atom. The number of rotatable bonds is 1. The molecule has 0 spiro atoms. The van der Waals surface area contributed by atoms with E-state index in [1.54, 1.807) is 0 Å². The van der Waals surface area contributed by atoms with Crippen molar-refractivity contribution >= 4 is 48.4 Å². The Morgan fingerprint density at radius 1 is 1.24 bits per heavy atom. The number of fused-ring (bicyclic) bond motifs is 1. The molecule has 0 radical (unpaired) electrons. The molecule has 0 aliphatic heterocycles. The fourth-order valence-electron chi connectivity index (χ4n) is 1.34. The molecule has 0 atom stereocenters. The van der Waals surface area contributed by atoms with Crippen molar-refractivity contribution in [2.75, 3.05) is 6.54 Å². The summed E-state index contributed by atoms with van der Waals surface area (Å²) in [6.45, 7) is 0.435. The summed E-state index contributed by atoms with van der Waals surface area (Å²) in [5.74, 6) is 4.49. The lowest BCUT2D eigenvalue weighted by Crippen LogP contribution is -2.06. The van der Waals surface area contributed by atoms with Gasteiger partial charge in [0.1, 0.15) is 0 Å². The van der Waals surface area contributed by atoms with Crippen LogP contribution in [0.3, 0.4) is 0 Å². The van der Waals surface area contributed by atoms with E-state index in [9.17, 15) is 13.2 Å². The van der Waals surface area contributed by atoms with Crippen molar-refractivity contribution in [1.29, 1.82) is 0 Å². The molecule has 0 aromatic carbocycles. The standard InChI is InChI=1S/C11H9F3N4.3ClH/c12-11(13,14)10-17-8-5-7(3-1-2-4-15)6-16-9(8)18-10;;;/h5-6H,2,4,15H2,(H,16,17,18);3*1H. The van der Waals surface area contributed by atoms with Crippen LogP contribution < -0.4 is 5.73 Å². The van der Waals surface area contributed by atoms with Gasteiger partial charge in [-0.1, -0.05) is 11.8 Å². The predicted octanol–water partition coefficient (Wildman–Crippen LogP) is 2.94. The van der Waals surface area contributed by atoms with Gasteiger partial charge in [-0.15, -0.1) is 37.2 Å². The van der Waals surface area contributed by atoms with E-state index < -0.39 is 12.0 Å². The number of H-pyrrole nitrogens is 1. The minimum absolute atomic E-state index is 0. The van der Waals surface area contributed by atoms with Crippen LogP contribution in [-0.2, 0) is 6.18 Å². The second-order valence-corrected chi connectivity index (χ2v) is 3.52. The molecule has 2 heterocycles. The Morgan fingerprint density at radius 2 is 1.90 bits per heavy atom. The van der Waals surface area contributed by atoms with Crippen LogP contribution in [-0.4, -0.2) is 21.5 Å². The average Bonchev–Trinajstić information content (AvgIpc) is 2.72. The molecule has 0 saturated carbocycles. The third-order valence-electron chi connectivity index (χ3n) is 2.11.